The maximum Gasteiger partial charge on any atom is 0.292 e. The van der Waals surface area contributed by atoms with E-state index in [0.717, 1.165) is 22.8 Å². The summed E-state index contributed by atoms with van der Waals surface area (Å²) in [5.74, 6) is 1.79. The van der Waals surface area contributed by atoms with Crippen molar-refractivity contribution in [3.63, 3.8) is 0 Å². The summed E-state index contributed by atoms with van der Waals surface area (Å²) in [4.78, 5) is 4.31. The van der Waals surface area contributed by atoms with Gasteiger partial charge in [0, 0.05) is 11.5 Å². The zero-order valence-electron chi connectivity index (χ0n) is 12.1. The van der Waals surface area contributed by atoms with Crippen LogP contribution in [0.1, 0.15) is 36.7 Å². The minimum atomic E-state index is 0.194. The van der Waals surface area contributed by atoms with Gasteiger partial charge >= 0.3 is 0 Å². The quantitative estimate of drug-likeness (QED) is 0.914. The summed E-state index contributed by atoms with van der Waals surface area (Å²) in [5.41, 5.74) is 9.76. The number of ether oxygens (including phenoxy) is 1. The number of nitrogen functional groups attached to an aromatic ring is 1. The number of aryl methyl sites for hydroxylation is 2. The summed E-state index contributed by atoms with van der Waals surface area (Å²) < 4.78 is 11.0. The van der Waals surface area contributed by atoms with E-state index in [0.29, 0.717) is 0 Å². The lowest BCUT2D eigenvalue weighted by molar-refractivity contribution is 0.415. The van der Waals surface area contributed by atoms with Crippen LogP contribution < -0.4 is 10.5 Å². The van der Waals surface area contributed by atoms with Gasteiger partial charge in [-0.1, -0.05) is 13.8 Å². The van der Waals surface area contributed by atoms with Gasteiger partial charge in [-0.15, -0.1) is 0 Å². The first-order valence-electron chi connectivity index (χ1n) is 6.35. The lowest BCUT2D eigenvalue weighted by atomic mass is 9.99. The Morgan fingerprint density at radius 2 is 1.84 bits per heavy atom. The van der Waals surface area contributed by atoms with Crippen molar-refractivity contribution >= 4 is 6.01 Å². The molecule has 0 atom stereocenters. The number of benzene rings is 1. The van der Waals surface area contributed by atoms with E-state index < -0.39 is 0 Å². The number of nitrogens with two attached hydrogens (primary N) is 1. The number of anilines is 1. The molecule has 1 aromatic heterocycles. The minimum Gasteiger partial charge on any atom is -0.496 e. The van der Waals surface area contributed by atoms with Crippen molar-refractivity contribution in [2.24, 2.45) is 0 Å². The number of hydrogen-bond acceptors (Lipinski definition) is 4. The predicted octanol–water partition coefficient (Wildman–Crippen LogP) is 3.67. The fraction of sp³-hybridized carbons (Fsp3) is 0.400. The Kier molecular flexibility index (Phi) is 3.51. The highest BCUT2D eigenvalue weighted by molar-refractivity contribution is 5.71. The summed E-state index contributed by atoms with van der Waals surface area (Å²) >= 11 is 0. The predicted molar refractivity (Wildman–Crippen MR) is 76.5 cm³/mol. The number of rotatable bonds is 3. The van der Waals surface area contributed by atoms with Crippen molar-refractivity contribution in [3.8, 4) is 17.0 Å². The fourth-order valence-corrected chi connectivity index (χ4v) is 2.08. The molecule has 0 radical (unpaired) electrons. The van der Waals surface area contributed by atoms with Crippen molar-refractivity contribution in [2.75, 3.05) is 12.8 Å². The third-order valence-corrected chi connectivity index (χ3v) is 3.27. The summed E-state index contributed by atoms with van der Waals surface area (Å²) in [5, 5.41) is 0. The Hall–Kier alpha value is -1.97. The molecule has 4 heteroatoms. The van der Waals surface area contributed by atoms with Crippen molar-refractivity contribution in [1.29, 1.82) is 0 Å². The number of hydrogen-bond donors (Lipinski definition) is 1. The molecule has 0 bridgehead atoms. The number of nitrogens with zero attached hydrogens (tertiary/aromatic N) is 1. The molecule has 0 aliphatic heterocycles. The van der Waals surface area contributed by atoms with E-state index in [2.05, 4.69) is 38.7 Å². The van der Waals surface area contributed by atoms with Crippen LogP contribution in [-0.4, -0.2) is 12.1 Å². The molecule has 1 aromatic carbocycles. The van der Waals surface area contributed by atoms with E-state index in [1.807, 2.05) is 6.07 Å². The number of oxazole rings is 1. The molecule has 0 aliphatic rings. The van der Waals surface area contributed by atoms with Crippen molar-refractivity contribution in [1.82, 2.24) is 4.98 Å². The Labute approximate surface area is 113 Å². The molecule has 1 heterocycles. The molecule has 19 heavy (non-hydrogen) atoms. The van der Waals surface area contributed by atoms with Crippen LogP contribution in [0.3, 0.4) is 0 Å². The molecule has 2 rings (SSSR count). The van der Waals surface area contributed by atoms with E-state index in [1.165, 1.54) is 11.1 Å². The maximum atomic E-state index is 5.70. The highest BCUT2D eigenvalue weighted by Crippen LogP contribution is 2.37. The molecule has 2 aromatic rings. The van der Waals surface area contributed by atoms with Gasteiger partial charge in [0.05, 0.1) is 7.11 Å². The normalized spacial score (nSPS) is 11.1. The van der Waals surface area contributed by atoms with Crippen LogP contribution in [0.25, 0.3) is 11.3 Å². The minimum absolute atomic E-state index is 0.194. The summed E-state index contributed by atoms with van der Waals surface area (Å²) in [6.07, 6.45) is 0. The van der Waals surface area contributed by atoms with E-state index in [9.17, 15) is 0 Å². The van der Waals surface area contributed by atoms with Crippen LogP contribution in [0, 0.1) is 13.8 Å². The second-order valence-electron chi connectivity index (χ2n) is 5.06. The molecule has 0 spiro atoms. The van der Waals surface area contributed by atoms with Gasteiger partial charge in [-0.2, -0.15) is 4.98 Å². The Bertz CT molecular complexity index is 600. The van der Waals surface area contributed by atoms with E-state index in [1.54, 1.807) is 7.11 Å². The van der Waals surface area contributed by atoms with Gasteiger partial charge in [0.1, 0.15) is 17.2 Å². The molecule has 0 aliphatic carbocycles. The molecule has 0 saturated carbocycles. The monoisotopic (exact) mass is 260 g/mol. The molecule has 0 unspecified atom stereocenters. The fourth-order valence-electron chi connectivity index (χ4n) is 2.08. The van der Waals surface area contributed by atoms with Gasteiger partial charge in [-0.25, -0.2) is 0 Å². The second-order valence-corrected chi connectivity index (χ2v) is 5.06. The smallest absolute Gasteiger partial charge is 0.292 e. The van der Waals surface area contributed by atoms with E-state index in [-0.39, 0.29) is 11.9 Å². The summed E-state index contributed by atoms with van der Waals surface area (Å²) in [7, 11) is 1.66. The molecule has 4 nitrogen and oxygen atoms in total. The molecular weight excluding hydrogens is 240 g/mol. The van der Waals surface area contributed by atoms with E-state index >= 15 is 0 Å². The molecule has 0 fully saturated rings. The Morgan fingerprint density at radius 1 is 1.21 bits per heavy atom. The first kappa shape index (κ1) is 13.5. The maximum absolute atomic E-state index is 5.70. The SMILES string of the molecule is COc1cc(C)c(C)cc1-c1nc(N)oc1C(C)C. The highest BCUT2D eigenvalue weighted by atomic mass is 16.5. The standard InChI is InChI=1S/C15H20N2O2/c1-8(2)14-13(17-15(16)19-14)11-6-9(3)10(4)7-12(11)18-5/h6-8H,1-5H3,(H2,16,17). The molecule has 0 amide bonds. The zero-order chi connectivity index (χ0) is 14.2. The summed E-state index contributed by atoms with van der Waals surface area (Å²) in [6.45, 7) is 8.23. The van der Waals surface area contributed by atoms with Crippen LogP contribution in [0.5, 0.6) is 5.75 Å². The van der Waals surface area contributed by atoms with Crippen molar-refractivity contribution in [3.05, 3.63) is 29.0 Å². The summed E-state index contributed by atoms with van der Waals surface area (Å²) in [6, 6.07) is 4.27. The topological polar surface area (TPSA) is 61.3 Å². The van der Waals surface area contributed by atoms with Crippen LogP contribution >= 0.6 is 0 Å². The largest absolute Gasteiger partial charge is 0.496 e. The van der Waals surface area contributed by atoms with Gasteiger partial charge in [0.15, 0.2) is 0 Å². The van der Waals surface area contributed by atoms with Gasteiger partial charge < -0.3 is 14.9 Å². The van der Waals surface area contributed by atoms with Gasteiger partial charge in [-0.05, 0) is 37.1 Å². The number of aromatic nitrogens is 1. The average molecular weight is 260 g/mol. The average Bonchev–Trinajstić information content (AvgIpc) is 2.74. The Balaban J connectivity index is 2.67. The molecule has 0 saturated heterocycles. The lowest BCUT2D eigenvalue weighted by Crippen LogP contribution is -1.95. The van der Waals surface area contributed by atoms with Crippen LogP contribution in [0.4, 0.5) is 6.01 Å². The molecular formula is C15H20N2O2. The van der Waals surface area contributed by atoms with Crippen LogP contribution in [-0.2, 0) is 0 Å². The number of methoxy groups -OCH3 is 1. The van der Waals surface area contributed by atoms with Gasteiger partial charge in [0.2, 0.25) is 0 Å². The van der Waals surface area contributed by atoms with Crippen LogP contribution in [0.15, 0.2) is 16.5 Å². The third-order valence-electron chi connectivity index (χ3n) is 3.27. The highest BCUT2D eigenvalue weighted by Gasteiger charge is 2.20. The van der Waals surface area contributed by atoms with E-state index in [4.69, 9.17) is 14.9 Å². The van der Waals surface area contributed by atoms with Crippen molar-refractivity contribution < 1.29 is 9.15 Å². The molecule has 102 valence electrons. The second kappa shape index (κ2) is 4.96. The first-order chi connectivity index (χ1) is 8.93. The van der Waals surface area contributed by atoms with Gasteiger partial charge in [-0.3, -0.25) is 0 Å². The van der Waals surface area contributed by atoms with Crippen LogP contribution in [0.2, 0.25) is 0 Å². The molecule has 2 N–H and O–H groups in total. The first-order valence-corrected chi connectivity index (χ1v) is 6.35. The van der Waals surface area contributed by atoms with Gasteiger partial charge in [0.25, 0.3) is 6.01 Å². The van der Waals surface area contributed by atoms with Crippen molar-refractivity contribution in [2.45, 2.75) is 33.6 Å². The Morgan fingerprint density at radius 3 is 2.42 bits per heavy atom. The lowest BCUT2D eigenvalue weighted by Gasteiger charge is -2.11. The third kappa shape index (κ3) is 2.43. The zero-order valence-corrected chi connectivity index (χ0v) is 12.1.